The van der Waals surface area contributed by atoms with E-state index in [-0.39, 0.29) is 18.1 Å². The Bertz CT molecular complexity index is 985. The number of amides is 2. The Morgan fingerprint density at radius 2 is 2.00 bits per heavy atom. The molecule has 1 aliphatic rings. The lowest BCUT2D eigenvalue weighted by atomic mass is 10.1. The van der Waals surface area contributed by atoms with Gasteiger partial charge in [0.1, 0.15) is 5.82 Å². The molecule has 2 aromatic rings. The van der Waals surface area contributed by atoms with E-state index >= 15 is 0 Å². The molecule has 0 bridgehead atoms. The lowest BCUT2D eigenvalue weighted by Gasteiger charge is -2.18. The number of aromatic nitrogens is 1. The molecule has 0 radical (unpaired) electrons. The summed E-state index contributed by atoms with van der Waals surface area (Å²) in [7, 11) is 0. The summed E-state index contributed by atoms with van der Waals surface area (Å²) < 4.78 is 15.1. The van der Waals surface area contributed by atoms with E-state index in [1.165, 1.54) is 24.3 Å². The summed E-state index contributed by atoms with van der Waals surface area (Å²) in [6.45, 7) is 1.30. The predicted octanol–water partition coefficient (Wildman–Crippen LogP) is 1.18. The van der Waals surface area contributed by atoms with Crippen LogP contribution in [0.3, 0.4) is 0 Å². The Hall–Kier alpha value is -3.04. The van der Waals surface area contributed by atoms with Gasteiger partial charge in [0.05, 0.1) is 24.0 Å². The van der Waals surface area contributed by atoms with E-state index in [1.54, 1.807) is 11.5 Å². The van der Waals surface area contributed by atoms with Crippen LogP contribution in [0.4, 0.5) is 10.1 Å². The van der Waals surface area contributed by atoms with Crippen LogP contribution < -0.4 is 10.6 Å². The number of rotatable bonds is 7. The number of ketones is 1. The summed E-state index contributed by atoms with van der Waals surface area (Å²) in [4.78, 5) is 37.7. The lowest BCUT2D eigenvalue weighted by molar-refractivity contribution is -0.117. The SMILES string of the molecule is Cc1cc(NC(=O)c2cc(C(=O)C(=O)NC[C@@H](O)CO)n3c2CCCC3)ccc1F. The molecule has 8 nitrogen and oxygen atoms in total. The fraction of sp³-hybridized carbons (Fsp3) is 0.381. The maximum absolute atomic E-state index is 13.5. The molecule has 0 fully saturated rings. The van der Waals surface area contributed by atoms with Gasteiger partial charge in [0.15, 0.2) is 0 Å². The van der Waals surface area contributed by atoms with Crippen LogP contribution >= 0.6 is 0 Å². The first kappa shape index (κ1) is 21.7. The Balaban J connectivity index is 1.84. The monoisotopic (exact) mass is 417 g/mol. The number of nitrogens with zero attached hydrogens (tertiary/aromatic N) is 1. The van der Waals surface area contributed by atoms with Crippen molar-refractivity contribution in [1.29, 1.82) is 0 Å². The van der Waals surface area contributed by atoms with Gasteiger partial charge in [-0.3, -0.25) is 14.4 Å². The van der Waals surface area contributed by atoms with Gasteiger partial charge in [0.2, 0.25) is 0 Å². The highest BCUT2D eigenvalue weighted by molar-refractivity contribution is 6.42. The summed E-state index contributed by atoms with van der Waals surface area (Å²) in [6.07, 6.45) is 1.08. The third kappa shape index (κ3) is 4.58. The minimum Gasteiger partial charge on any atom is -0.394 e. The quantitative estimate of drug-likeness (QED) is 0.398. The molecular weight excluding hydrogens is 393 g/mol. The molecule has 0 unspecified atom stereocenters. The van der Waals surface area contributed by atoms with E-state index in [1.807, 2.05) is 0 Å². The molecule has 2 heterocycles. The highest BCUT2D eigenvalue weighted by Gasteiger charge is 2.28. The molecule has 0 saturated heterocycles. The molecule has 0 spiro atoms. The highest BCUT2D eigenvalue weighted by Crippen LogP contribution is 2.25. The second-order valence-electron chi connectivity index (χ2n) is 7.29. The molecule has 0 saturated carbocycles. The molecular formula is C21H24FN3O5. The summed E-state index contributed by atoms with van der Waals surface area (Å²) >= 11 is 0. The Morgan fingerprint density at radius 3 is 2.70 bits per heavy atom. The van der Waals surface area contributed by atoms with Crippen LogP contribution in [0.15, 0.2) is 24.3 Å². The van der Waals surface area contributed by atoms with Crippen molar-refractivity contribution < 1.29 is 29.0 Å². The van der Waals surface area contributed by atoms with Crippen molar-refractivity contribution in [3.63, 3.8) is 0 Å². The number of anilines is 1. The van der Waals surface area contributed by atoms with Crippen LogP contribution in [0.2, 0.25) is 0 Å². The zero-order chi connectivity index (χ0) is 21.8. The van der Waals surface area contributed by atoms with E-state index in [9.17, 15) is 23.9 Å². The smallest absolute Gasteiger partial charge is 0.294 e. The normalized spacial score (nSPS) is 14.0. The maximum Gasteiger partial charge on any atom is 0.294 e. The third-order valence-electron chi connectivity index (χ3n) is 5.06. The summed E-state index contributed by atoms with van der Waals surface area (Å²) in [6, 6.07) is 5.63. The van der Waals surface area contributed by atoms with Crippen molar-refractivity contribution in [2.24, 2.45) is 0 Å². The molecule has 9 heteroatoms. The second kappa shape index (κ2) is 9.19. The first-order chi connectivity index (χ1) is 14.3. The van der Waals surface area contributed by atoms with Gasteiger partial charge in [-0.25, -0.2) is 4.39 Å². The minimum atomic E-state index is -1.16. The molecule has 1 aromatic carbocycles. The number of nitrogens with one attached hydrogen (secondary N) is 2. The topological polar surface area (TPSA) is 121 Å². The second-order valence-corrected chi connectivity index (χ2v) is 7.29. The first-order valence-electron chi connectivity index (χ1n) is 9.73. The highest BCUT2D eigenvalue weighted by atomic mass is 19.1. The van der Waals surface area contributed by atoms with E-state index in [0.29, 0.717) is 35.5 Å². The molecule has 0 aliphatic carbocycles. The van der Waals surface area contributed by atoms with Crippen LogP contribution in [0.1, 0.15) is 44.9 Å². The number of aryl methyl sites for hydroxylation is 1. The standard InChI is InChI=1S/C21H24FN3O5/c1-12-8-13(5-6-16(12)22)24-20(29)15-9-18(25-7-3-2-4-17(15)25)19(28)21(30)23-10-14(27)11-26/h5-6,8-9,14,26-27H,2-4,7,10-11H2,1H3,(H,23,30)(H,24,29)/t14-/m1/s1. The van der Waals surface area contributed by atoms with Crippen LogP contribution in [0, 0.1) is 12.7 Å². The number of aliphatic hydroxyl groups excluding tert-OH is 2. The first-order valence-corrected chi connectivity index (χ1v) is 9.73. The number of hydrogen-bond donors (Lipinski definition) is 4. The van der Waals surface area contributed by atoms with Crippen molar-refractivity contribution in [3.8, 4) is 0 Å². The van der Waals surface area contributed by atoms with Crippen molar-refractivity contribution in [2.75, 3.05) is 18.5 Å². The molecule has 1 aromatic heterocycles. The number of carbonyl (C=O) groups excluding carboxylic acids is 3. The lowest BCUT2D eigenvalue weighted by Crippen LogP contribution is -2.38. The van der Waals surface area contributed by atoms with Gasteiger partial charge in [0, 0.05) is 24.5 Å². The third-order valence-corrected chi connectivity index (χ3v) is 5.06. The number of halogens is 1. The molecule has 3 rings (SSSR count). The van der Waals surface area contributed by atoms with Gasteiger partial charge in [0.25, 0.3) is 17.6 Å². The van der Waals surface area contributed by atoms with Crippen molar-refractivity contribution in [3.05, 3.63) is 52.6 Å². The Labute approximate surface area is 172 Å². The van der Waals surface area contributed by atoms with Crippen LogP contribution in [0.25, 0.3) is 0 Å². The van der Waals surface area contributed by atoms with E-state index in [0.717, 1.165) is 12.8 Å². The largest absolute Gasteiger partial charge is 0.394 e. The summed E-state index contributed by atoms with van der Waals surface area (Å²) in [5.74, 6) is -2.56. The zero-order valence-electron chi connectivity index (χ0n) is 16.6. The number of carbonyl (C=O) groups is 3. The Kier molecular flexibility index (Phi) is 6.63. The molecule has 4 N–H and O–H groups in total. The van der Waals surface area contributed by atoms with Gasteiger partial charge < -0.3 is 25.4 Å². The average Bonchev–Trinajstić information content (AvgIpc) is 3.13. The minimum absolute atomic E-state index is 0.0983. The maximum atomic E-state index is 13.5. The van der Waals surface area contributed by atoms with Crippen molar-refractivity contribution >= 4 is 23.3 Å². The number of benzene rings is 1. The van der Waals surface area contributed by atoms with Gasteiger partial charge in [-0.05, 0) is 56.0 Å². The van der Waals surface area contributed by atoms with E-state index in [2.05, 4.69) is 10.6 Å². The number of Topliss-reactive ketones (excluding diaryl/α,β-unsaturated/α-hetero) is 1. The fourth-order valence-electron chi connectivity index (χ4n) is 3.45. The van der Waals surface area contributed by atoms with Gasteiger partial charge in [-0.1, -0.05) is 0 Å². The molecule has 2 amide bonds. The molecule has 1 aliphatic heterocycles. The van der Waals surface area contributed by atoms with Crippen LogP contribution in [0.5, 0.6) is 0 Å². The van der Waals surface area contributed by atoms with E-state index < -0.39 is 30.3 Å². The van der Waals surface area contributed by atoms with Gasteiger partial charge in [-0.2, -0.15) is 0 Å². The summed E-state index contributed by atoms with van der Waals surface area (Å²) in [5.41, 5.74) is 1.89. The molecule has 1 atom stereocenters. The number of aliphatic hydroxyl groups is 2. The molecule has 160 valence electrons. The van der Waals surface area contributed by atoms with Crippen LogP contribution in [-0.4, -0.2) is 51.6 Å². The number of fused-ring (bicyclic) bond motifs is 1. The predicted molar refractivity (Wildman–Crippen MR) is 107 cm³/mol. The van der Waals surface area contributed by atoms with Gasteiger partial charge in [-0.15, -0.1) is 0 Å². The van der Waals surface area contributed by atoms with Crippen LogP contribution in [-0.2, 0) is 17.8 Å². The van der Waals surface area contributed by atoms with E-state index in [4.69, 9.17) is 5.11 Å². The summed E-state index contributed by atoms with van der Waals surface area (Å²) in [5, 5.41) is 23.2. The van der Waals surface area contributed by atoms with Crippen molar-refractivity contribution in [2.45, 2.75) is 38.8 Å². The zero-order valence-corrected chi connectivity index (χ0v) is 16.6. The Morgan fingerprint density at radius 1 is 1.23 bits per heavy atom. The molecule has 30 heavy (non-hydrogen) atoms. The fourth-order valence-corrected chi connectivity index (χ4v) is 3.45. The number of hydrogen-bond acceptors (Lipinski definition) is 5. The van der Waals surface area contributed by atoms with Crippen molar-refractivity contribution in [1.82, 2.24) is 9.88 Å². The van der Waals surface area contributed by atoms with Gasteiger partial charge >= 0.3 is 0 Å². The average molecular weight is 417 g/mol.